The van der Waals surface area contributed by atoms with Crippen LogP contribution in [0.1, 0.15) is 20.9 Å². The van der Waals surface area contributed by atoms with Gasteiger partial charge in [-0.25, -0.2) is 0 Å². The van der Waals surface area contributed by atoms with E-state index < -0.39 is 8.07 Å². The summed E-state index contributed by atoms with van der Waals surface area (Å²) in [6, 6.07) is 77.3. The Morgan fingerprint density at radius 1 is 0.281 bits per heavy atom. The molecule has 10 aromatic rings. The van der Waals surface area contributed by atoms with Gasteiger partial charge in [0.1, 0.15) is 0 Å². The van der Waals surface area contributed by atoms with E-state index in [4.69, 9.17) is 0 Å². The van der Waals surface area contributed by atoms with E-state index in [0.717, 1.165) is 0 Å². The predicted octanol–water partition coefficient (Wildman–Crippen LogP) is 14.4. The zero-order valence-corrected chi connectivity index (χ0v) is 35.0. The average Bonchev–Trinajstić information content (AvgIpc) is 4.13. The highest BCUT2D eigenvalue weighted by Crippen LogP contribution is 2.58. The van der Waals surface area contributed by atoms with Crippen molar-refractivity contribution >= 4 is 106 Å². The van der Waals surface area contributed by atoms with Crippen molar-refractivity contribution in [3.63, 3.8) is 0 Å². The van der Waals surface area contributed by atoms with Gasteiger partial charge in [0.25, 0.3) is 0 Å². The maximum absolute atomic E-state index is 3.07. The predicted molar refractivity (Wildman–Crippen MR) is 255 cm³/mol. The van der Waals surface area contributed by atoms with Gasteiger partial charge >= 0.3 is 0 Å². The van der Waals surface area contributed by atoms with Gasteiger partial charge in [-0.3, -0.25) is 0 Å². The molecule has 57 heavy (non-hydrogen) atoms. The van der Waals surface area contributed by atoms with Crippen LogP contribution in [0.5, 0.6) is 0 Å². The van der Waals surface area contributed by atoms with Crippen LogP contribution in [0.2, 0.25) is 0 Å². The van der Waals surface area contributed by atoms with Gasteiger partial charge in [0, 0.05) is 38.7 Å². The van der Waals surface area contributed by atoms with Gasteiger partial charge < -0.3 is 0 Å². The first-order chi connectivity index (χ1) is 28.3. The molecule has 270 valence electrons. The minimum Gasteiger partial charge on any atom is -0.135 e. The molecule has 0 radical (unpaired) electrons. The number of thiophene rings is 4. The maximum atomic E-state index is 2.43. The SMILES string of the molecule is c1ccc(C2=C(c3ccc(-c4cc5ccccc5s4)s3)[Si](c3ccccc3)(c3ccccc3)C(c3ccc(-c4cc5ccccc5s4)s3)=C2c2ccccc2)cc1. The molecular weight excluding hydrogens is 781 g/mol. The van der Waals surface area contributed by atoms with Crippen LogP contribution in [0.15, 0.2) is 206 Å². The number of hydrogen-bond donors (Lipinski definition) is 0. The first-order valence-corrected chi connectivity index (χ1v) is 24.4. The molecule has 0 N–H and O–H groups in total. The van der Waals surface area contributed by atoms with Gasteiger partial charge in [-0.15, -0.1) is 45.3 Å². The Balaban J connectivity index is 1.26. The second-order valence-electron chi connectivity index (χ2n) is 14.3. The first kappa shape index (κ1) is 34.6. The fraction of sp³-hybridized carbons (Fsp3) is 0. The van der Waals surface area contributed by atoms with Crippen molar-refractivity contribution in [2.45, 2.75) is 0 Å². The summed E-state index contributed by atoms with van der Waals surface area (Å²) in [5, 5.41) is 8.33. The minimum absolute atomic E-state index is 1.25. The number of hydrogen-bond acceptors (Lipinski definition) is 4. The summed E-state index contributed by atoms with van der Waals surface area (Å²) in [4.78, 5) is 7.94. The van der Waals surface area contributed by atoms with Crippen molar-refractivity contribution < 1.29 is 0 Å². The van der Waals surface area contributed by atoms with Crippen molar-refractivity contribution in [3.8, 4) is 19.5 Å². The van der Waals surface area contributed by atoms with E-state index in [9.17, 15) is 0 Å². The second kappa shape index (κ2) is 14.4. The summed E-state index contributed by atoms with van der Waals surface area (Å²) in [5.74, 6) is 0. The minimum atomic E-state index is -3.07. The van der Waals surface area contributed by atoms with Crippen LogP contribution in [0, 0.1) is 0 Å². The molecule has 0 fully saturated rings. The molecule has 0 aliphatic carbocycles. The first-order valence-electron chi connectivity index (χ1n) is 19.2. The van der Waals surface area contributed by atoms with Gasteiger partial charge in [-0.1, -0.05) is 158 Å². The van der Waals surface area contributed by atoms with Gasteiger partial charge in [0.2, 0.25) is 0 Å². The van der Waals surface area contributed by atoms with E-state index in [0.29, 0.717) is 0 Å². The largest absolute Gasteiger partial charge is 0.183 e. The Morgan fingerprint density at radius 2 is 0.632 bits per heavy atom. The summed E-state index contributed by atoms with van der Waals surface area (Å²) in [6.07, 6.45) is 0. The standard InChI is InChI=1S/C52H34S4Si/c1-5-17-35(18-6-1)49-50(36-19-7-2-8-20-36)52(46-32-30-44(56-46)48-34-38-22-14-16-28-42(38)54-48)57(39-23-9-3-10-24-39,40-25-11-4-12-26-40)51(49)45-31-29-43(55-45)47-33-37-21-13-15-27-41(37)53-47/h1-34H. The summed E-state index contributed by atoms with van der Waals surface area (Å²) < 4.78 is 2.65. The van der Waals surface area contributed by atoms with E-state index >= 15 is 0 Å². The average molecular weight is 815 g/mol. The molecule has 0 nitrogen and oxygen atoms in total. The Hall–Kier alpha value is -5.66. The third kappa shape index (κ3) is 5.81. The maximum Gasteiger partial charge on any atom is 0.183 e. The van der Waals surface area contributed by atoms with Gasteiger partial charge in [0.15, 0.2) is 8.07 Å². The molecule has 6 aromatic carbocycles. The quantitative estimate of drug-likeness (QED) is 0.134. The molecule has 5 heterocycles. The third-order valence-corrected chi connectivity index (χ3v) is 21.2. The number of rotatable bonds is 8. The van der Waals surface area contributed by atoms with Crippen LogP contribution in [-0.4, -0.2) is 8.07 Å². The Bertz CT molecular complexity index is 2830. The molecular formula is C52H34S4Si. The zero-order chi connectivity index (χ0) is 37.8. The van der Waals surface area contributed by atoms with Crippen LogP contribution in [0.3, 0.4) is 0 Å². The molecule has 0 saturated heterocycles. The van der Waals surface area contributed by atoms with Gasteiger partial charge in [-0.05, 0) is 102 Å². The van der Waals surface area contributed by atoms with E-state index in [1.165, 1.54) is 92.5 Å². The molecule has 0 unspecified atom stereocenters. The summed E-state index contributed by atoms with van der Waals surface area (Å²) >= 11 is 7.69. The molecule has 0 bridgehead atoms. The Labute approximate surface area is 349 Å². The lowest BCUT2D eigenvalue weighted by atomic mass is 9.91. The zero-order valence-electron chi connectivity index (χ0n) is 30.8. The number of fused-ring (bicyclic) bond motifs is 2. The Kier molecular flexibility index (Phi) is 8.72. The fourth-order valence-corrected chi connectivity index (χ4v) is 19.4. The summed E-state index contributed by atoms with van der Waals surface area (Å²) in [5.41, 5.74) is 5.20. The molecule has 4 aromatic heterocycles. The Morgan fingerprint density at radius 3 is 1.04 bits per heavy atom. The molecule has 1 aliphatic heterocycles. The topological polar surface area (TPSA) is 0 Å². The highest BCUT2D eigenvalue weighted by molar-refractivity contribution is 7.35. The second-order valence-corrected chi connectivity index (χ2v) is 22.3. The normalized spacial score (nSPS) is 14.0. The van der Waals surface area contributed by atoms with Crippen molar-refractivity contribution in [2.24, 2.45) is 0 Å². The molecule has 1 aliphatic rings. The molecule has 0 amide bonds. The number of benzene rings is 6. The van der Waals surface area contributed by atoms with E-state index in [-0.39, 0.29) is 0 Å². The van der Waals surface area contributed by atoms with Crippen LogP contribution >= 0.6 is 45.3 Å². The highest BCUT2D eigenvalue weighted by atomic mass is 32.1. The molecule has 0 atom stereocenters. The van der Waals surface area contributed by atoms with Crippen LogP contribution in [-0.2, 0) is 0 Å². The van der Waals surface area contributed by atoms with Crippen LogP contribution in [0.4, 0.5) is 0 Å². The van der Waals surface area contributed by atoms with Crippen molar-refractivity contribution in [3.05, 3.63) is 227 Å². The van der Waals surface area contributed by atoms with Crippen molar-refractivity contribution in [2.75, 3.05) is 0 Å². The summed E-state index contributed by atoms with van der Waals surface area (Å²) in [6.45, 7) is 0. The molecule has 5 heteroatoms. The van der Waals surface area contributed by atoms with E-state index in [2.05, 4.69) is 206 Å². The van der Waals surface area contributed by atoms with Gasteiger partial charge in [0.05, 0.1) is 0 Å². The van der Waals surface area contributed by atoms with E-state index in [1.54, 1.807) is 0 Å². The van der Waals surface area contributed by atoms with Crippen molar-refractivity contribution in [1.82, 2.24) is 0 Å². The van der Waals surface area contributed by atoms with Crippen LogP contribution < -0.4 is 10.4 Å². The van der Waals surface area contributed by atoms with Crippen LogP contribution in [0.25, 0.3) is 61.2 Å². The van der Waals surface area contributed by atoms with E-state index in [1.807, 2.05) is 45.3 Å². The monoisotopic (exact) mass is 814 g/mol. The molecule has 0 spiro atoms. The molecule has 0 saturated carbocycles. The number of allylic oxidation sites excluding steroid dienone is 2. The lowest BCUT2D eigenvalue weighted by molar-refractivity contribution is 1.60. The fourth-order valence-electron chi connectivity index (χ4n) is 8.69. The van der Waals surface area contributed by atoms with Crippen molar-refractivity contribution in [1.29, 1.82) is 0 Å². The summed E-state index contributed by atoms with van der Waals surface area (Å²) in [7, 11) is -3.07. The van der Waals surface area contributed by atoms with Gasteiger partial charge in [-0.2, -0.15) is 0 Å². The molecule has 11 rings (SSSR count). The third-order valence-electron chi connectivity index (χ3n) is 11.1. The lowest BCUT2D eigenvalue weighted by Gasteiger charge is -2.35. The highest BCUT2D eigenvalue weighted by Gasteiger charge is 2.54. The lowest BCUT2D eigenvalue weighted by Crippen LogP contribution is -2.59. The smallest absolute Gasteiger partial charge is 0.135 e.